The molecule has 3 aromatic heterocycles. The molecular formula is C32H37ClFN10O6P. The zero-order chi connectivity index (χ0) is 36.2. The number of rotatable bonds is 15. The maximum atomic E-state index is 17.0. The summed E-state index contributed by atoms with van der Waals surface area (Å²) in [6.45, 7) is 6.47. The maximum Gasteiger partial charge on any atom is 0.459 e. The molecule has 1 saturated heterocycles. The molecule has 16 nitrogen and oxygen atoms in total. The molecule has 3 unspecified atom stereocenters. The summed E-state index contributed by atoms with van der Waals surface area (Å²) in [5.41, 5.74) is 0.185. The first kappa shape index (κ1) is 36.3. The average Bonchev–Trinajstić information content (AvgIpc) is 3.82. The summed E-state index contributed by atoms with van der Waals surface area (Å²) in [5.74, 6) is 0.109. The summed E-state index contributed by atoms with van der Waals surface area (Å²) < 4.78 is 56.0. The standard InChI is InChI=1S/C32H37ClFN10O6P/c1-19(2)48-30(45)20(3)41-51(46,50-22-13-9-6-10-14-22)47-17-23-32(4,15-24-39-42-43-40-24)26(34)29(49-23)44-18-36-25-27(37-31(33)38-28(25)44)35-16-21-11-7-5-8-12-21/h5-14,18-20,23,26,29H,15-17H2,1-4H3,(H,41,46)(H,35,37,38)(H,39,40,42,43)/t20-,23+,26?,29+,32?,51?/m0/s1. The van der Waals surface area contributed by atoms with E-state index in [-0.39, 0.29) is 28.9 Å². The zero-order valence-electron chi connectivity index (χ0n) is 28.1. The number of carbonyl (C=O) groups excluding carboxylic acids is 1. The van der Waals surface area contributed by atoms with Gasteiger partial charge in [-0.25, -0.2) is 13.9 Å². The predicted octanol–water partition coefficient (Wildman–Crippen LogP) is 5.22. The van der Waals surface area contributed by atoms with Crippen molar-refractivity contribution in [2.45, 2.75) is 71.3 Å². The lowest BCUT2D eigenvalue weighted by Gasteiger charge is -2.31. The van der Waals surface area contributed by atoms with Gasteiger partial charge in [0.1, 0.15) is 11.8 Å². The highest BCUT2D eigenvalue weighted by Gasteiger charge is 2.56. The minimum Gasteiger partial charge on any atom is -0.462 e. The Labute approximate surface area is 297 Å². The van der Waals surface area contributed by atoms with Crippen molar-refractivity contribution in [3.05, 3.63) is 83.7 Å². The van der Waals surface area contributed by atoms with Crippen LogP contribution in [-0.2, 0) is 36.3 Å². The number of benzene rings is 2. The molecule has 0 spiro atoms. The Morgan fingerprint density at radius 2 is 1.86 bits per heavy atom. The monoisotopic (exact) mass is 742 g/mol. The summed E-state index contributed by atoms with van der Waals surface area (Å²) in [6, 6.07) is 16.9. The van der Waals surface area contributed by atoms with Crippen LogP contribution in [0.4, 0.5) is 10.2 Å². The van der Waals surface area contributed by atoms with Gasteiger partial charge in [-0.2, -0.15) is 20.3 Å². The molecule has 2 aromatic carbocycles. The quantitative estimate of drug-likeness (QED) is 0.0718. The van der Waals surface area contributed by atoms with E-state index in [4.69, 9.17) is 30.1 Å². The molecule has 270 valence electrons. The number of esters is 1. The molecule has 6 atom stereocenters. The number of nitrogens with one attached hydrogen (secondary N) is 3. The van der Waals surface area contributed by atoms with Crippen LogP contribution in [0.3, 0.4) is 0 Å². The number of ether oxygens (including phenoxy) is 2. The lowest BCUT2D eigenvalue weighted by Crippen LogP contribution is -2.41. The second kappa shape index (κ2) is 15.4. The largest absolute Gasteiger partial charge is 0.462 e. The number of tetrazole rings is 1. The summed E-state index contributed by atoms with van der Waals surface area (Å²) in [5, 5.41) is 19.8. The number of anilines is 1. The van der Waals surface area contributed by atoms with Gasteiger partial charge < -0.3 is 19.3 Å². The van der Waals surface area contributed by atoms with Gasteiger partial charge in [0.15, 0.2) is 35.2 Å². The normalized spacial score (nSPS) is 22.1. The number of alkyl halides is 1. The Balaban J connectivity index is 1.29. The highest BCUT2D eigenvalue weighted by molar-refractivity contribution is 7.52. The minimum atomic E-state index is -4.33. The number of carbonyl (C=O) groups is 1. The van der Waals surface area contributed by atoms with Crippen LogP contribution in [0.15, 0.2) is 67.0 Å². The van der Waals surface area contributed by atoms with Gasteiger partial charge in [-0.1, -0.05) is 60.7 Å². The van der Waals surface area contributed by atoms with Gasteiger partial charge in [0.2, 0.25) is 5.28 Å². The Kier molecular flexibility index (Phi) is 10.9. The van der Waals surface area contributed by atoms with Gasteiger partial charge in [-0.3, -0.25) is 13.9 Å². The fraction of sp³-hybridized carbons (Fsp3) is 0.406. The predicted molar refractivity (Wildman–Crippen MR) is 183 cm³/mol. The molecule has 6 rings (SSSR count). The van der Waals surface area contributed by atoms with E-state index >= 15 is 4.39 Å². The van der Waals surface area contributed by atoms with Gasteiger partial charge in [0.25, 0.3) is 0 Å². The molecule has 0 radical (unpaired) electrons. The number of hydrogen-bond acceptors (Lipinski definition) is 13. The van der Waals surface area contributed by atoms with Crippen molar-refractivity contribution in [2.75, 3.05) is 11.9 Å². The third-order valence-electron chi connectivity index (χ3n) is 8.24. The van der Waals surface area contributed by atoms with Crippen molar-refractivity contribution in [3.63, 3.8) is 0 Å². The van der Waals surface area contributed by atoms with Crippen molar-refractivity contribution in [1.29, 1.82) is 0 Å². The lowest BCUT2D eigenvalue weighted by atomic mass is 9.78. The van der Waals surface area contributed by atoms with Gasteiger partial charge in [0, 0.05) is 18.4 Å². The highest BCUT2D eigenvalue weighted by Crippen LogP contribution is 2.51. The van der Waals surface area contributed by atoms with Crippen LogP contribution in [0.25, 0.3) is 11.2 Å². The summed E-state index contributed by atoms with van der Waals surface area (Å²) in [7, 11) is -4.33. The molecule has 1 fully saturated rings. The minimum absolute atomic E-state index is 0.0458. The first-order chi connectivity index (χ1) is 24.4. The topological polar surface area (TPSA) is 193 Å². The van der Waals surface area contributed by atoms with Gasteiger partial charge in [0.05, 0.1) is 25.1 Å². The SMILES string of the molecule is CC(C)OC(=O)[C@H](C)NP(=O)(OC[C@H]1O[C@@H](n2cnc3c(NCc4ccccc4)nc(Cl)nc32)C(F)C1(C)Cc1nn[nH]n1)Oc1ccccc1. The van der Waals surface area contributed by atoms with E-state index in [0.29, 0.717) is 17.9 Å². The van der Waals surface area contributed by atoms with E-state index in [1.54, 1.807) is 51.1 Å². The number of aromatic amines is 1. The van der Waals surface area contributed by atoms with Crippen molar-refractivity contribution < 1.29 is 32.3 Å². The van der Waals surface area contributed by atoms with Gasteiger partial charge >= 0.3 is 13.7 Å². The fourth-order valence-corrected chi connectivity index (χ4v) is 7.28. The Morgan fingerprint density at radius 3 is 2.55 bits per heavy atom. The van der Waals surface area contributed by atoms with Crippen molar-refractivity contribution in [2.24, 2.45) is 5.41 Å². The maximum absolute atomic E-state index is 17.0. The lowest BCUT2D eigenvalue weighted by molar-refractivity contribution is -0.149. The molecule has 3 N–H and O–H groups in total. The third kappa shape index (κ3) is 8.34. The number of nitrogens with zero attached hydrogens (tertiary/aromatic N) is 7. The molecule has 4 heterocycles. The van der Waals surface area contributed by atoms with Crippen LogP contribution in [-0.4, -0.2) is 77.1 Å². The first-order valence-corrected chi connectivity index (χ1v) is 18.0. The summed E-state index contributed by atoms with van der Waals surface area (Å²) in [6.07, 6.45) is -3.17. The number of hydrogen-bond donors (Lipinski definition) is 3. The molecule has 5 aromatic rings. The van der Waals surface area contributed by atoms with E-state index in [1.807, 2.05) is 30.3 Å². The highest BCUT2D eigenvalue weighted by atomic mass is 35.5. The van der Waals surface area contributed by atoms with Crippen LogP contribution in [0, 0.1) is 5.41 Å². The van der Waals surface area contributed by atoms with Crippen LogP contribution in [0.2, 0.25) is 5.28 Å². The average molecular weight is 743 g/mol. The molecule has 0 bridgehead atoms. The molecule has 0 amide bonds. The fourth-order valence-electron chi connectivity index (χ4n) is 5.62. The van der Waals surface area contributed by atoms with E-state index in [1.165, 1.54) is 17.8 Å². The van der Waals surface area contributed by atoms with E-state index in [0.717, 1.165) is 5.56 Å². The van der Waals surface area contributed by atoms with Crippen molar-refractivity contribution in [3.8, 4) is 5.75 Å². The summed E-state index contributed by atoms with van der Waals surface area (Å²) >= 11 is 6.35. The first-order valence-electron chi connectivity index (χ1n) is 16.1. The number of fused-ring (bicyclic) bond motifs is 1. The van der Waals surface area contributed by atoms with Gasteiger partial charge in [-0.15, -0.1) is 10.2 Å². The second-order valence-electron chi connectivity index (χ2n) is 12.5. The molecular weight excluding hydrogens is 706 g/mol. The molecule has 1 aliphatic heterocycles. The van der Waals surface area contributed by atoms with E-state index < -0.39 is 56.4 Å². The Hall–Kier alpha value is -4.54. The third-order valence-corrected chi connectivity index (χ3v) is 10.1. The van der Waals surface area contributed by atoms with Crippen LogP contribution in [0.1, 0.15) is 45.3 Å². The summed E-state index contributed by atoms with van der Waals surface area (Å²) in [4.78, 5) is 25.8. The van der Waals surface area contributed by atoms with Gasteiger partial charge in [-0.05, 0) is 50.1 Å². The number of aromatic nitrogens is 8. The van der Waals surface area contributed by atoms with E-state index in [2.05, 4.69) is 46.0 Å². The number of imidazole rings is 1. The number of para-hydroxylation sites is 1. The number of halogens is 2. The van der Waals surface area contributed by atoms with Crippen LogP contribution < -0.4 is 14.9 Å². The Morgan fingerprint density at radius 1 is 1.14 bits per heavy atom. The Bertz CT molecular complexity index is 1980. The zero-order valence-corrected chi connectivity index (χ0v) is 29.8. The smallest absolute Gasteiger partial charge is 0.459 e. The second-order valence-corrected chi connectivity index (χ2v) is 14.5. The van der Waals surface area contributed by atoms with Crippen LogP contribution in [0.5, 0.6) is 5.75 Å². The molecule has 0 saturated carbocycles. The van der Waals surface area contributed by atoms with Crippen LogP contribution >= 0.6 is 19.3 Å². The molecule has 51 heavy (non-hydrogen) atoms. The van der Waals surface area contributed by atoms with E-state index in [9.17, 15) is 9.36 Å². The molecule has 1 aliphatic rings. The molecule has 19 heteroatoms. The van der Waals surface area contributed by atoms with Crippen molar-refractivity contribution in [1.82, 2.24) is 45.2 Å². The number of H-pyrrole nitrogens is 1. The molecule has 0 aliphatic carbocycles. The van der Waals surface area contributed by atoms with Crippen molar-refractivity contribution >= 4 is 42.3 Å².